The van der Waals surface area contributed by atoms with E-state index in [0.29, 0.717) is 53.2 Å². The number of hydrogen-bond acceptors (Lipinski definition) is 13. The first-order valence-electron chi connectivity index (χ1n) is 21.6. The Labute approximate surface area is 348 Å². The van der Waals surface area contributed by atoms with E-state index in [9.17, 15) is 19.0 Å². The summed E-state index contributed by atoms with van der Waals surface area (Å²) in [5, 5.41) is 0. The fourth-order valence-corrected chi connectivity index (χ4v) is 7.71. The van der Waals surface area contributed by atoms with Gasteiger partial charge in [0.05, 0.1) is 59.7 Å². The number of rotatable bonds is 33. The number of quaternary nitrogens is 2. The molecule has 1 aromatic rings. The second-order valence-corrected chi connectivity index (χ2v) is 18.6. The van der Waals surface area contributed by atoms with Crippen LogP contribution in [-0.4, -0.2) is 116 Å². The maximum atomic E-state index is 13.2. The van der Waals surface area contributed by atoms with Crippen molar-refractivity contribution in [3.05, 3.63) is 11.8 Å². The number of unbranched alkanes of at least 4 members (excludes halogenated alkanes) is 15. The Balaban J connectivity index is 1.88. The number of carbonyl (C=O) groups is 2. The number of aromatic nitrogens is 2. The van der Waals surface area contributed by atoms with E-state index in [-0.39, 0.29) is 13.0 Å². The summed E-state index contributed by atoms with van der Waals surface area (Å²) < 4.78 is 55.1. The SMILES string of the molecule is CCCCCCCCCCCCCCCC(=O)OCC(COP(=O)([O-])OCC[N+](C)(C)C)OC(=O)O[C@@H](C)[N+]1(C)CCC=C(c2nsnc2OCCCCCC)C1. The molecule has 0 aliphatic carbocycles. The van der Waals surface area contributed by atoms with Crippen molar-refractivity contribution in [2.45, 2.75) is 155 Å². The second kappa shape index (κ2) is 28.4. The number of ether oxygens (including phenoxy) is 4. The van der Waals surface area contributed by atoms with E-state index >= 15 is 0 Å². The Morgan fingerprint density at radius 2 is 1.44 bits per heavy atom. The molecule has 0 fully saturated rings. The van der Waals surface area contributed by atoms with Gasteiger partial charge in [-0.2, -0.15) is 4.37 Å². The molecule has 0 radical (unpaired) electrons. The van der Waals surface area contributed by atoms with Crippen LogP contribution in [0.15, 0.2) is 6.08 Å². The first-order valence-corrected chi connectivity index (χ1v) is 23.8. The number of phosphoric acid groups is 1. The average molecular weight is 848 g/mol. The van der Waals surface area contributed by atoms with Gasteiger partial charge in [-0.05, 0) is 12.8 Å². The van der Waals surface area contributed by atoms with E-state index in [0.717, 1.165) is 68.7 Å². The van der Waals surface area contributed by atoms with E-state index in [4.69, 9.17) is 28.0 Å². The maximum absolute atomic E-state index is 13.2. The summed E-state index contributed by atoms with van der Waals surface area (Å²) in [4.78, 5) is 38.4. The van der Waals surface area contributed by atoms with Crippen molar-refractivity contribution >= 4 is 37.2 Å². The van der Waals surface area contributed by atoms with Crippen LogP contribution in [0.3, 0.4) is 0 Å². The molecule has 0 bridgehead atoms. The predicted molar refractivity (Wildman–Crippen MR) is 223 cm³/mol. The van der Waals surface area contributed by atoms with Gasteiger partial charge in [0.2, 0.25) is 6.23 Å². The van der Waals surface area contributed by atoms with Crippen LogP contribution in [0.5, 0.6) is 5.88 Å². The summed E-state index contributed by atoms with van der Waals surface area (Å²) in [6.45, 7) is 7.32. The Bertz CT molecular complexity index is 1340. The molecule has 2 heterocycles. The average Bonchev–Trinajstić information content (AvgIpc) is 3.62. The van der Waals surface area contributed by atoms with Gasteiger partial charge in [-0.3, -0.25) is 13.8 Å². The zero-order chi connectivity index (χ0) is 42.0. The quantitative estimate of drug-likeness (QED) is 0.0287. The lowest BCUT2D eigenvalue weighted by Gasteiger charge is -2.41. The zero-order valence-corrected chi connectivity index (χ0v) is 38.1. The van der Waals surface area contributed by atoms with Gasteiger partial charge in [-0.1, -0.05) is 116 Å². The minimum absolute atomic E-state index is 0.0834. The summed E-state index contributed by atoms with van der Waals surface area (Å²) in [7, 11) is 2.97. The van der Waals surface area contributed by atoms with Gasteiger partial charge >= 0.3 is 12.1 Å². The second-order valence-electron chi connectivity index (χ2n) is 16.7. The van der Waals surface area contributed by atoms with Gasteiger partial charge in [0.1, 0.15) is 32.0 Å². The third-order valence-electron chi connectivity index (χ3n) is 10.3. The molecule has 57 heavy (non-hydrogen) atoms. The van der Waals surface area contributed by atoms with Gasteiger partial charge in [0, 0.05) is 25.3 Å². The third-order valence-corrected chi connectivity index (χ3v) is 11.8. The van der Waals surface area contributed by atoms with Gasteiger partial charge in [0.15, 0.2) is 6.10 Å². The third kappa shape index (κ3) is 23.3. The van der Waals surface area contributed by atoms with Crippen LogP contribution < -0.4 is 9.63 Å². The van der Waals surface area contributed by atoms with Gasteiger partial charge in [-0.25, -0.2) is 4.79 Å². The summed E-state index contributed by atoms with van der Waals surface area (Å²) >= 11 is 1.11. The van der Waals surface area contributed by atoms with E-state index in [2.05, 4.69) is 28.7 Å². The van der Waals surface area contributed by atoms with Crippen molar-refractivity contribution < 1.29 is 56.0 Å². The van der Waals surface area contributed by atoms with Gasteiger partial charge < -0.3 is 37.4 Å². The highest BCUT2D eigenvalue weighted by atomic mass is 32.1. The molecule has 0 saturated carbocycles. The van der Waals surface area contributed by atoms with Crippen molar-refractivity contribution in [1.29, 1.82) is 0 Å². The smallest absolute Gasteiger partial charge is 0.513 e. The van der Waals surface area contributed by atoms with Crippen LogP contribution in [0, 0.1) is 0 Å². The molecule has 2 rings (SSSR count). The Kier molecular flexibility index (Phi) is 25.4. The molecule has 0 N–H and O–H groups in total. The molecule has 14 nitrogen and oxygen atoms in total. The standard InChI is InChI=1S/C41H76N4O10PS/c1-8-10-12-14-15-16-17-18-19-20-21-22-23-27-38(46)51-33-37(34-53-56(48,49)52-31-29-44(4,5)6)55-41(47)54-35(3)45(7)28-25-26-36(32-45)39-40(43-57-42-39)50-30-24-13-11-9-2/h26,35,37H,8-25,27-34H2,1-7H3/q+1/t35-,37?,45?/m0/s1. The first-order chi connectivity index (χ1) is 27.2. The fourth-order valence-electron chi connectivity index (χ4n) is 6.45. The normalized spacial score (nSPS) is 18.0. The van der Waals surface area contributed by atoms with Crippen LogP contribution in [-0.2, 0) is 32.6 Å². The molecule has 4 atom stereocenters. The largest absolute Gasteiger partial charge is 0.756 e. The summed E-state index contributed by atoms with van der Waals surface area (Å²) in [6.07, 6.45) is 20.0. The van der Waals surface area contributed by atoms with Crippen LogP contribution in [0.1, 0.15) is 148 Å². The van der Waals surface area contributed by atoms with Crippen LogP contribution in [0.25, 0.3) is 5.57 Å². The summed E-state index contributed by atoms with van der Waals surface area (Å²) in [6, 6.07) is 0. The first kappa shape index (κ1) is 51.0. The highest BCUT2D eigenvalue weighted by Gasteiger charge is 2.37. The molecule has 16 heteroatoms. The number of nitrogens with zero attached hydrogens (tertiary/aromatic N) is 4. The van der Waals surface area contributed by atoms with Crippen LogP contribution >= 0.6 is 19.6 Å². The lowest BCUT2D eigenvalue weighted by atomic mass is 10.0. The lowest BCUT2D eigenvalue weighted by Crippen LogP contribution is -2.55. The summed E-state index contributed by atoms with van der Waals surface area (Å²) in [5.74, 6) is 0.0669. The number of esters is 1. The summed E-state index contributed by atoms with van der Waals surface area (Å²) in [5.41, 5.74) is 1.67. The van der Waals surface area contributed by atoms with E-state index in [1.54, 1.807) is 6.92 Å². The van der Waals surface area contributed by atoms with E-state index in [1.165, 1.54) is 57.8 Å². The zero-order valence-electron chi connectivity index (χ0n) is 36.3. The van der Waals surface area contributed by atoms with Crippen molar-refractivity contribution in [3.63, 3.8) is 0 Å². The van der Waals surface area contributed by atoms with Crippen molar-refractivity contribution in [3.8, 4) is 5.88 Å². The Morgan fingerprint density at radius 1 is 0.842 bits per heavy atom. The van der Waals surface area contributed by atoms with E-state index in [1.807, 2.05) is 28.2 Å². The molecular formula is C41H76N4O10PS+. The van der Waals surface area contributed by atoms with Gasteiger partial charge in [0.25, 0.3) is 13.7 Å². The molecular weight excluding hydrogens is 772 g/mol. The molecule has 0 aromatic carbocycles. The number of carbonyl (C=O) groups excluding carboxylic acids is 2. The highest BCUT2D eigenvalue weighted by Crippen LogP contribution is 2.38. The number of likely N-dealkylation sites (N-methyl/N-ethyl adjacent to an activating group) is 2. The minimum atomic E-state index is -4.74. The van der Waals surface area contributed by atoms with Crippen molar-refractivity contribution in [2.24, 2.45) is 0 Å². The minimum Gasteiger partial charge on any atom is -0.756 e. The molecule has 1 aliphatic heterocycles. The molecule has 0 saturated heterocycles. The van der Waals surface area contributed by atoms with Crippen molar-refractivity contribution in [2.75, 3.05) is 74.3 Å². The van der Waals surface area contributed by atoms with Crippen LogP contribution in [0.2, 0.25) is 0 Å². The molecule has 0 amide bonds. The molecule has 0 spiro atoms. The molecule has 330 valence electrons. The number of hydrogen-bond donors (Lipinski definition) is 0. The number of phosphoric ester groups is 1. The van der Waals surface area contributed by atoms with Crippen molar-refractivity contribution in [1.82, 2.24) is 8.75 Å². The lowest BCUT2D eigenvalue weighted by molar-refractivity contribution is -0.944. The fraction of sp³-hybridized carbons (Fsp3) is 0.854. The van der Waals surface area contributed by atoms with E-state index < -0.39 is 45.5 Å². The predicted octanol–water partition coefficient (Wildman–Crippen LogP) is 8.83. The monoisotopic (exact) mass is 848 g/mol. The Morgan fingerprint density at radius 3 is 2.05 bits per heavy atom. The van der Waals surface area contributed by atoms with Crippen LogP contribution in [0.4, 0.5) is 4.79 Å². The molecule has 1 aliphatic rings. The maximum Gasteiger partial charge on any atom is 0.513 e. The molecule has 1 aromatic heterocycles. The van der Waals surface area contributed by atoms with Gasteiger partial charge in [-0.15, -0.1) is 4.37 Å². The Hall–Kier alpha value is -2.13. The highest BCUT2D eigenvalue weighted by molar-refractivity contribution is 7.45. The molecule has 3 unspecified atom stereocenters. The topological polar surface area (TPSA) is 155 Å².